The van der Waals surface area contributed by atoms with Gasteiger partial charge in [0.25, 0.3) is 0 Å². The third-order valence-electron chi connectivity index (χ3n) is 3.74. The van der Waals surface area contributed by atoms with E-state index in [0.29, 0.717) is 23.5 Å². The summed E-state index contributed by atoms with van der Waals surface area (Å²) >= 11 is 0. The lowest BCUT2D eigenvalue weighted by molar-refractivity contribution is -0.0583. The van der Waals surface area contributed by atoms with Crippen LogP contribution in [0.25, 0.3) is 11.2 Å². The molecule has 4 atom stereocenters. The van der Waals surface area contributed by atoms with E-state index in [9.17, 15) is 10.2 Å². The van der Waals surface area contributed by atoms with E-state index in [2.05, 4.69) is 20.3 Å². The van der Waals surface area contributed by atoms with E-state index >= 15 is 0 Å². The van der Waals surface area contributed by atoms with E-state index in [1.807, 2.05) is 6.92 Å². The van der Waals surface area contributed by atoms with Crippen LogP contribution in [0.1, 0.15) is 13.2 Å². The molecule has 0 amide bonds. The minimum atomic E-state index is -0.924. The maximum atomic E-state index is 10.1. The van der Waals surface area contributed by atoms with E-state index < -0.39 is 24.5 Å². The van der Waals surface area contributed by atoms with Crippen molar-refractivity contribution < 1.29 is 19.7 Å². The van der Waals surface area contributed by atoms with Crippen LogP contribution in [0.4, 0.5) is 5.82 Å². The molecule has 3 rings (SSSR count). The minimum absolute atomic E-state index is 0.290. The Bertz CT molecular complexity index is 648. The lowest BCUT2D eigenvalue weighted by Crippen LogP contribution is -2.34. The standard InChI is InChI=1S/C13H19N5O4/c1-3-14-11-8-12(16-5-15-11)18(6-17-8)13-10(21-2)9(20)7(4-19)22-13/h5-7,9-10,13,19-20H,3-4H2,1-2H3,(H,14,15,16)/t7-,9+,10?,13-/m1/s1. The Hall–Kier alpha value is -1.81. The number of ether oxygens (including phenoxy) is 2. The van der Waals surface area contributed by atoms with Crippen LogP contribution in [0.5, 0.6) is 0 Å². The second-order valence-electron chi connectivity index (χ2n) is 5.02. The molecule has 1 aliphatic heterocycles. The highest BCUT2D eigenvalue weighted by Gasteiger charge is 2.45. The zero-order valence-corrected chi connectivity index (χ0v) is 12.4. The Morgan fingerprint density at radius 3 is 2.91 bits per heavy atom. The first kappa shape index (κ1) is 15.1. The summed E-state index contributed by atoms with van der Waals surface area (Å²) in [6, 6.07) is 0. The zero-order chi connectivity index (χ0) is 15.7. The van der Waals surface area contributed by atoms with E-state index in [4.69, 9.17) is 9.47 Å². The number of hydrogen-bond donors (Lipinski definition) is 3. The molecule has 9 nitrogen and oxygen atoms in total. The number of methoxy groups -OCH3 is 1. The van der Waals surface area contributed by atoms with Crippen LogP contribution in [0.15, 0.2) is 12.7 Å². The van der Waals surface area contributed by atoms with Crippen molar-refractivity contribution in [2.75, 3.05) is 25.6 Å². The van der Waals surface area contributed by atoms with Crippen LogP contribution in [0, 0.1) is 0 Å². The van der Waals surface area contributed by atoms with Crippen molar-refractivity contribution in [2.45, 2.75) is 31.5 Å². The van der Waals surface area contributed by atoms with Crippen molar-refractivity contribution in [3.8, 4) is 0 Å². The van der Waals surface area contributed by atoms with Crippen LogP contribution in [0.2, 0.25) is 0 Å². The molecular formula is C13H19N5O4. The van der Waals surface area contributed by atoms with Gasteiger partial charge in [-0.1, -0.05) is 0 Å². The van der Waals surface area contributed by atoms with Gasteiger partial charge in [0, 0.05) is 13.7 Å². The molecule has 0 spiro atoms. The molecule has 1 aliphatic rings. The molecule has 0 bridgehead atoms. The molecule has 0 aromatic carbocycles. The molecule has 22 heavy (non-hydrogen) atoms. The van der Waals surface area contributed by atoms with Crippen LogP contribution >= 0.6 is 0 Å². The fourth-order valence-electron chi connectivity index (χ4n) is 2.68. The molecule has 120 valence electrons. The van der Waals surface area contributed by atoms with E-state index in [1.165, 1.54) is 13.4 Å². The summed E-state index contributed by atoms with van der Waals surface area (Å²) in [7, 11) is 1.49. The highest BCUT2D eigenvalue weighted by atomic mass is 16.6. The molecule has 0 saturated carbocycles. The lowest BCUT2D eigenvalue weighted by Gasteiger charge is -2.19. The Kier molecular flexibility index (Phi) is 4.21. The largest absolute Gasteiger partial charge is 0.394 e. The minimum Gasteiger partial charge on any atom is -0.394 e. The van der Waals surface area contributed by atoms with Gasteiger partial charge in [-0.05, 0) is 6.92 Å². The maximum absolute atomic E-state index is 10.1. The van der Waals surface area contributed by atoms with Crippen LogP contribution in [-0.4, -0.2) is 68.3 Å². The summed E-state index contributed by atoms with van der Waals surface area (Å²) in [5, 5.41) is 22.6. The normalized spacial score (nSPS) is 28.4. The maximum Gasteiger partial charge on any atom is 0.167 e. The summed E-state index contributed by atoms with van der Waals surface area (Å²) in [6.07, 6.45) is 0.145. The predicted molar refractivity (Wildman–Crippen MR) is 77.3 cm³/mol. The van der Waals surface area contributed by atoms with Crippen LogP contribution < -0.4 is 5.32 Å². The SMILES string of the molecule is CCNc1ncnc2c1ncn2[C@@H]1O[C@H](CO)[C@H](O)C1OC. The Balaban J connectivity index is 2.01. The van der Waals surface area contributed by atoms with E-state index in [1.54, 1.807) is 10.9 Å². The molecule has 0 aliphatic carbocycles. The van der Waals surface area contributed by atoms with Gasteiger partial charge < -0.3 is 25.0 Å². The van der Waals surface area contributed by atoms with Crippen molar-refractivity contribution in [3.05, 3.63) is 12.7 Å². The van der Waals surface area contributed by atoms with Gasteiger partial charge >= 0.3 is 0 Å². The summed E-state index contributed by atoms with van der Waals surface area (Å²) < 4.78 is 12.7. The highest BCUT2D eigenvalue weighted by molar-refractivity contribution is 5.82. The van der Waals surface area contributed by atoms with Gasteiger partial charge in [-0.2, -0.15) is 0 Å². The number of aliphatic hydroxyl groups is 2. The fraction of sp³-hybridized carbons (Fsp3) is 0.615. The fourth-order valence-corrected chi connectivity index (χ4v) is 2.68. The molecular weight excluding hydrogens is 290 g/mol. The van der Waals surface area contributed by atoms with Crippen molar-refractivity contribution in [2.24, 2.45) is 0 Å². The van der Waals surface area contributed by atoms with Gasteiger partial charge in [0.05, 0.1) is 12.9 Å². The number of anilines is 1. The summed E-state index contributed by atoms with van der Waals surface area (Å²) in [5.74, 6) is 0.637. The molecule has 0 radical (unpaired) electrons. The molecule has 2 aromatic heterocycles. The van der Waals surface area contributed by atoms with E-state index in [0.717, 1.165) is 0 Å². The summed E-state index contributed by atoms with van der Waals surface area (Å²) in [4.78, 5) is 12.7. The van der Waals surface area contributed by atoms with Crippen molar-refractivity contribution >= 4 is 17.0 Å². The topological polar surface area (TPSA) is 115 Å². The van der Waals surface area contributed by atoms with Gasteiger partial charge in [-0.3, -0.25) is 4.57 Å². The predicted octanol–water partition coefficient (Wildman–Crippen LogP) is -0.476. The Morgan fingerprint density at radius 2 is 2.23 bits per heavy atom. The first-order chi connectivity index (χ1) is 10.7. The number of nitrogens with one attached hydrogen (secondary N) is 1. The van der Waals surface area contributed by atoms with Crippen LogP contribution in [0.3, 0.4) is 0 Å². The van der Waals surface area contributed by atoms with Gasteiger partial charge in [0.2, 0.25) is 0 Å². The lowest BCUT2D eigenvalue weighted by atomic mass is 10.1. The second-order valence-corrected chi connectivity index (χ2v) is 5.02. The quantitative estimate of drug-likeness (QED) is 0.679. The second kappa shape index (κ2) is 6.13. The number of aromatic nitrogens is 4. The average Bonchev–Trinajstić information content (AvgIpc) is 3.08. The van der Waals surface area contributed by atoms with Gasteiger partial charge in [0.1, 0.15) is 24.6 Å². The highest BCUT2D eigenvalue weighted by Crippen LogP contribution is 2.33. The molecule has 3 heterocycles. The zero-order valence-electron chi connectivity index (χ0n) is 12.4. The Labute approximate surface area is 126 Å². The first-order valence-electron chi connectivity index (χ1n) is 7.09. The smallest absolute Gasteiger partial charge is 0.167 e. The molecule has 1 fully saturated rings. The molecule has 1 saturated heterocycles. The van der Waals surface area contributed by atoms with Crippen LogP contribution in [-0.2, 0) is 9.47 Å². The van der Waals surface area contributed by atoms with Crippen molar-refractivity contribution in [1.29, 1.82) is 0 Å². The number of aliphatic hydroxyl groups excluding tert-OH is 2. The number of imidazole rings is 1. The molecule has 9 heteroatoms. The molecule has 1 unspecified atom stereocenters. The number of rotatable bonds is 5. The monoisotopic (exact) mass is 309 g/mol. The first-order valence-corrected chi connectivity index (χ1v) is 7.09. The number of fused-ring (bicyclic) bond motifs is 1. The Morgan fingerprint density at radius 1 is 1.41 bits per heavy atom. The third kappa shape index (κ3) is 2.31. The summed E-state index contributed by atoms with van der Waals surface area (Å²) in [6.45, 7) is 2.39. The van der Waals surface area contributed by atoms with Gasteiger partial charge in [0.15, 0.2) is 23.2 Å². The number of hydrogen-bond acceptors (Lipinski definition) is 8. The van der Waals surface area contributed by atoms with Crippen molar-refractivity contribution in [3.63, 3.8) is 0 Å². The third-order valence-corrected chi connectivity index (χ3v) is 3.74. The molecule has 2 aromatic rings. The van der Waals surface area contributed by atoms with Gasteiger partial charge in [-0.15, -0.1) is 0 Å². The number of nitrogens with zero attached hydrogens (tertiary/aromatic N) is 4. The summed E-state index contributed by atoms with van der Waals surface area (Å²) in [5.41, 5.74) is 1.19. The van der Waals surface area contributed by atoms with Gasteiger partial charge in [-0.25, -0.2) is 15.0 Å². The van der Waals surface area contributed by atoms with Crippen molar-refractivity contribution in [1.82, 2.24) is 19.5 Å². The molecule has 3 N–H and O–H groups in total. The average molecular weight is 309 g/mol. The van der Waals surface area contributed by atoms with E-state index in [-0.39, 0.29) is 6.61 Å².